The van der Waals surface area contributed by atoms with E-state index in [9.17, 15) is 9.59 Å². The van der Waals surface area contributed by atoms with E-state index >= 15 is 0 Å². The summed E-state index contributed by atoms with van der Waals surface area (Å²) < 4.78 is 17.5. The maximum absolute atomic E-state index is 12.8. The van der Waals surface area contributed by atoms with Crippen molar-refractivity contribution in [1.82, 2.24) is 10.5 Å². The van der Waals surface area contributed by atoms with Crippen LogP contribution in [0, 0.1) is 18.3 Å². The van der Waals surface area contributed by atoms with Crippen molar-refractivity contribution in [2.45, 2.75) is 124 Å². The van der Waals surface area contributed by atoms with Gasteiger partial charge in [0.05, 0.1) is 12.7 Å². The molecule has 0 aliphatic rings. The first-order valence-electron chi connectivity index (χ1n) is 13.3. The van der Waals surface area contributed by atoms with Crippen molar-refractivity contribution >= 4 is 31.6 Å². The number of carbonyl (C=O) groups is 2. The number of hydrogen-bond donors (Lipinski definition) is 1. The van der Waals surface area contributed by atoms with E-state index in [0.717, 1.165) is 0 Å². The molecular formula is C28H48N2O6SSi. The Morgan fingerprint density at radius 3 is 2.32 bits per heavy atom. The fourth-order valence-corrected chi connectivity index (χ4v) is 5.32. The number of hydrogen-bond acceptors (Lipinski definition) is 9. The molecule has 3 atom stereocenters. The third-order valence-corrected chi connectivity index (χ3v) is 11.8. The number of aromatic nitrogens is 1. The van der Waals surface area contributed by atoms with Crippen LogP contribution in [0.4, 0.5) is 0 Å². The van der Waals surface area contributed by atoms with Crippen LogP contribution in [0.2, 0.25) is 18.1 Å². The number of nitrogens with one attached hydrogen (secondary N) is 1. The topological polar surface area (TPSA) is 96.0 Å². The maximum atomic E-state index is 12.8. The lowest BCUT2D eigenvalue weighted by Gasteiger charge is -2.40. The molecule has 0 aromatic carbocycles. The van der Waals surface area contributed by atoms with Gasteiger partial charge >= 0.3 is 11.9 Å². The molecule has 0 saturated carbocycles. The highest BCUT2D eigenvalue weighted by atomic mass is 32.1. The van der Waals surface area contributed by atoms with Crippen LogP contribution in [0.15, 0.2) is 5.38 Å². The van der Waals surface area contributed by atoms with Crippen molar-refractivity contribution in [2.24, 2.45) is 5.92 Å². The largest absolute Gasteiger partial charge is 0.461 e. The highest BCUT2D eigenvalue weighted by molar-refractivity contribution is 7.09. The molecule has 216 valence electrons. The van der Waals surface area contributed by atoms with E-state index in [1.165, 1.54) is 11.3 Å². The molecule has 0 radical (unpaired) electrons. The van der Waals surface area contributed by atoms with Crippen LogP contribution >= 0.6 is 11.3 Å². The summed E-state index contributed by atoms with van der Waals surface area (Å²) in [6, 6.07) is -0.185. The minimum absolute atomic E-state index is 0.0270. The second-order valence-corrected chi connectivity index (χ2v) is 17.9. The first-order chi connectivity index (χ1) is 17.4. The fourth-order valence-electron chi connectivity index (χ4n) is 3.13. The number of carbonyl (C=O) groups excluding carboxylic acids is 2. The van der Waals surface area contributed by atoms with Crippen LogP contribution in [0.1, 0.15) is 103 Å². The summed E-state index contributed by atoms with van der Waals surface area (Å²) in [5.41, 5.74) is 2.76. The summed E-state index contributed by atoms with van der Waals surface area (Å²) >= 11 is 1.38. The summed E-state index contributed by atoms with van der Waals surface area (Å²) in [6.07, 6.45) is 5.46. The van der Waals surface area contributed by atoms with Gasteiger partial charge in [0.15, 0.2) is 20.1 Å². The van der Waals surface area contributed by atoms with E-state index < -0.39 is 32.0 Å². The fraction of sp³-hybridized carbons (Fsp3) is 0.750. The highest BCUT2D eigenvalue weighted by Gasteiger charge is 2.41. The Hall–Kier alpha value is -1.77. The van der Waals surface area contributed by atoms with Crippen molar-refractivity contribution in [3.8, 4) is 12.3 Å². The van der Waals surface area contributed by atoms with Crippen molar-refractivity contribution in [1.29, 1.82) is 0 Å². The predicted molar refractivity (Wildman–Crippen MR) is 154 cm³/mol. The molecular weight excluding hydrogens is 520 g/mol. The first kappa shape index (κ1) is 34.3. The highest BCUT2D eigenvalue weighted by Crippen LogP contribution is 2.41. The van der Waals surface area contributed by atoms with E-state index in [1.807, 2.05) is 20.8 Å². The second-order valence-electron chi connectivity index (χ2n) is 12.2. The summed E-state index contributed by atoms with van der Waals surface area (Å²) in [5, 5.41) is 2.39. The van der Waals surface area contributed by atoms with Gasteiger partial charge in [0.1, 0.15) is 10.6 Å². The third-order valence-electron chi connectivity index (χ3n) is 6.38. The number of rotatable bonds is 14. The minimum Gasteiger partial charge on any atom is -0.461 e. The van der Waals surface area contributed by atoms with Gasteiger partial charge in [-0.1, -0.05) is 34.6 Å². The molecule has 0 bridgehead atoms. The summed E-state index contributed by atoms with van der Waals surface area (Å²) in [7, 11) is -2.21. The number of thiazole rings is 1. The lowest BCUT2D eigenvalue weighted by atomic mass is 9.99. The van der Waals surface area contributed by atoms with Gasteiger partial charge in [-0.2, -0.15) is 5.48 Å². The number of hydroxylamine groups is 1. The molecule has 1 aromatic heterocycles. The van der Waals surface area contributed by atoms with Crippen molar-refractivity contribution in [3.05, 3.63) is 16.1 Å². The van der Waals surface area contributed by atoms with Gasteiger partial charge in [-0.05, 0) is 64.6 Å². The molecule has 0 spiro atoms. The number of nitrogens with zero attached hydrogens (tertiary/aromatic N) is 1. The molecule has 10 heteroatoms. The van der Waals surface area contributed by atoms with Crippen LogP contribution < -0.4 is 5.48 Å². The van der Waals surface area contributed by atoms with Gasteiger partial charge in [-0.15, -0.1) is 23.7 Å². The zero-order chi connectivity index (χ0) is 29.3. The van der Waals surface area contributed by atoms with Crippen LogP contribution in [0.5, 0.6) is 0 Å². The van der Waals surface area contributed by atoms with Gasteiger partial charge in [-0.25, -0.2) is 14.6 Å². The summed E-state index contributed by atoms with van der Waals surface area (Å²) in [6.45, 7) is 22.5. The van der Waals surface area contributed by atoms with E-state index in [1.54, 1.807) is 12.3 Å². The predicted octanol–water partition coefficient (Wildman–Crippen LogP) is 6.44. The van der Waals surface area contributed by atoms with E-state index in [0.29, 0.717) is 24.3 Å². The van der Waals surface area contributed by atoms with Gasteiger partial charge in [0.2, 0.25) is 0 Å². The molecule has 1 rings (SSSR count). The van der Waals surface area contributed by atoms with Crippen molar-refractivity contribution < 1.29 is 28.3 Å². The van der Waals surface area contributed by atoms with Crippen molar-refractivity contribution in [2.75, 3.05) is 6.61 Å². The minimum atomic E-state index is -2.21. The Kier molecular flexibility index (Phi) is 13.1. The smallest absolute Gasteiger partial charge is 0.357 e. The molecule has 1 N–H and O–H groups in total. The molecule has 1 heterocycles. The monoisotopic (exact) mass is 568 g/mol. The molecule has 1 aromatic rings. The Bertz CT molecular complexity index is 942. The standard InChI is InChI=1S/C28H48N2O6SSi/c1-13-15-16-22(26(32)34-27(5,6)7)35-30-20(19(3)4)17-23(36-38(11,12)28(8,9)10)24-29-21(18-37-24)25(31)33-14-2/h1,18-20,22-23,30H,14-17H2,2-12H3/t20-,22-,23-/m1/s1. The third kappa shape index (κ3) is 11.1. The quantitative estimate of drug-likeness (QED) is 0.119. The molecule has 0 aliphatic heterocycles. The van der Waals surface area contributed by atoms with Gasteiger partial charge in [0, 0.05) is 17.8 Å². The molecule has 38 heavy (non-hydrogen) atoms. The van der Waals surface area contributed by atoms with Crippen molar-refractivity contribution in [3.63, 3.8) is 0 Å². The average Bonchev–Trinajstić information content (AvgIpc) is 3.25. The molecule has 0 amide bonds. The maximum Gasteiger partial charge on any atom is 0.357 e. The van der Waals surface area contributed by atoms with Crippen LogP contribution in [-0.4, -0.2) is 49.6 Å². The summed E-state index contributed by atoms with van der Waals surface area (Å²) in [4.78, 5) is 35.6. The van der Waals surface area contributed by atoms with Gasteiger partial charge < -0.3 is 13.9 Å². The summed E-state index contributed by atoms with van der Waals surface area (Å²) in [5.74, 6) is 1.79. The zero-order valence-corrected chi connectivity index (χ0v) is 26.9. The Morgan fingerprint density at radius 1 is 1.18 bits per heavy atom. The number of terminal acetylenes is 1. The Balaban J connectivity index is 3.22. The van der Waals surface area contributed by atoms with Crippen LogP contribution in [0.25, 0.3) is 0 Å². The number of esters is 2. The van der Waals surface area contributed by atoms with Gasteiger partial charge in [-0.3, -0.25) is 4.84 Å². The van der Waals surface area contributed by atoms with Gasteiger partial charge in [0.25, 0.3) is 0 Å². The molecule has 8 nitrogen and oxygen atoms in total. The Morgan fingerprint density at radius 2 is 1.82 bits per heavy atom. The van der Waals surface area contributed by atoms with E-state index in [4.69, 9.17) is 25.2 Å². The normalized spacial score (nSPS) is 15.0. The second kappa shape index (κ2) is 14.6. The Labute approximate surface area is 234 Å². The van der Waals surface area contributed by atoms with Crippen LogP contribution in [-0.2, 0) is 23.5 Å². The molecule has 0 saturated heterocycles. The average molecular weight is 569 g/mol. The lowest BCUT2D eigenvalue weighted by molar-refractivity contribution is -0.176. The zero-order valence-electron chi connectivity index (χ0n) is 25.1. The number of ether oxygens (including phenoxy) is 2. The molecule has 0 aliphatic carbocycles. The first-order valence-corrected chi connectivity index (χ1v) is 17.1. The SMILES string of the molecule is C#CCC[C@@H](ON[C@H](C[C@@H](O[Si](C)(C)C(C)(C)C)c1nc(C(=O)OCC)cs1)C(C)C)C(=O)OC(C)(C)C. The van der Waals surface area contributed by atoms with E-state index in [2.05, 4.69) is 64.1 Å². The lowest BCUT2D eigenvalue weighted by Crippen LogP contribution is -2.45. The molecule has 0 fully saturated rings. The molecule has 0 unspecified atom stereocenters. The van der Waals surface area contributed by atoms with E-state index in [-0.39, 0.29) is 35.4 Å². The van der Waals surface area contributed by atoms with Crippen LogP contribution in [0.3, 0.4) is 0 Å².